The third-order valence-electron chi connectivity index (χ3n) is 4.02. The molecule has 0 saturated heterocycles. The van der Waals surface area contributed by atoms with Crippen molar-refractivity contribution in [3.8, 4) is 0 Å². The molecule has 0 fully saturated rings. The summed E-state index contributed by atoms with van der Waals surface area (Å²) in [5.41, 5.74) is 1.30. The van der Waals surface area contributed by atoms with Crippen molar-refractivity contribution in [1.82, 2.24) is 0 Å². The van der Waals surface area contributed by atoms with Crippen molar-refractivity contribution in [2.75, 3.05) is 0 Å². The third kappa shape index (κ3) is 9.76. The molecule has 0 aliphatic carbocycles. The molecule has 0 atom stereocenters. The molecule has 112 valence electrons. The van der Waals surface area contributed by atoms with Crippen LogP contribution in [-0.2, 0) is 0 Å². The van der Waals surface area contributed by atoms with Gasteiger partial charge in [0.25, 0.3) is 0 Å². The van der Waals surface area contributed by atoms with Gasteiger partial charge in [-0.3, -0.25) is 0 Å². The van der Waals surface area contributed by atoms with Crippen molar-refractivity contribution in [2.24, 2.45) is 0 Å². The molecule has 0 aliphatic heterocycles. The van der Waals surface area contributed by atoms with Gasteiger partial charge in [-0.25, -0.2) is 0 Å². The fraction of sp³-hybridized carbons (Fsp3) is 0.778. The van der Waals surface area contributed by atoms with E-state index in [-0.39, 0.29) is 0 Å². The van der Waals surface area contributed by atoms with E-state index in [1.807, 2.05) is 0 Å². The Balaban J connectivity index is 4.74. The number of hydrogen-bond acceptors (Lipinski definition) is 0. The van der Waals surface area contributed by atoms with E-state index in [0.717, 1.165) is 6.42 Å². The second-order valence-electron chi connectivity index (χ2n) is 6.24. The molecule has 0 radical (unpaired) electrons. The molecule has 0 aromatic heterocycles. The van der Waals surface area contributed by atoms with Crippen LogP contribution >= 0.6 is 0 Å². The van der Waals surface area contributed by atoms with E-state index >= 15 is 0 Å². The van der Waals surface area contributed by atoms with Crippen LogP contribution in [0.2, 0.25) is 13.3 Å². The van der Waals surface area contributed by atoms with E-state index in [4.69, 9.17) is 0 Å². The summed E-state index contributed by atoms with van der Waals surface area (Å²) in [7, 11) is 0. The van der Waals surface area contributed by atoms with Gasteiger partial charge >= 0.3 is 127 Å². The summed E-state index contributed by atoms with van der Waals surface area (Å²) in [4.78, 5) is 0. The molecule has 0 N–H and O–H groups in total. The molecule has 0 heterocycles. The molecule has 0 rings (SSSR count). The molecule has 0 spiro atoms. The fourth-order valence-electron chi connectivity index (χ4n) is 2.72. The summed E-state index contributed by atoms with van der Waals surface area (Å²) in [6.45, 7) is 13.2. The van der Waals surface area contributed by atoms with Gasteiger partial charge in [0.15, 0.2) is 0 Å². The van der Waals surface area contributed by atoms with Gasteiger partial charge in [-0.1, -0.05) is 0 Å². The number of unbranched alkanes of at least 4 members (excludes halogenated alkanes) is 3. The fourth-order valence-corrected chi connectivity index (χ4v) is 17.1. The molecule has 0 amide bonds. The van der Waals surface area contributed by atoms with E-state index in [9.17, 15) is 0 Å². The van der Waals surface area contributed by atoms with Gasteiger partial charge in [0.05, 0.1) is 0 Å². The zero-order valence-electron chi connectivity index (χ0n) is 13.9. The van der Waals surface area contributed by atoms with Crippen molar-refractivity contribution in [3.05, 3.63) is 22.3 Å². The number of hydrogen-bond donors (Lipinski definition) is 0. The van der Waals surface area contributed by atoms with E-state index < -0.39 is 18.4 Å². The summed E-state index contributed by atoms with van der Waals surface area (Å²) in [6, 6.07) is 0. The minimum atomic E-state index is -1.97. The summed E-state index contributed by atoms with van der Waals surface area (Å²) < 4.78 is 7.50. The number of allylic oxidation sites excluding steroid dienone is 2. The second-order valence-corrected chi connectivity index (χ2v) is 19.2. The van der Waals surface area contributed by atoms with Crippen LogP contribution in [0.15, 0.2) is 22.3 Å². The standard InChI is InChI=1S/C6H9.3C4H9.Sn/c1-4-5-6(2)3;3*1-3-4-2;/h1,4H,2,5H2,3H3;3*1,3-4H2,2H3;. The Bertz CT molecular complexity index is 231. The molecule has 0 unspecified atom stereocenters. The monoisotopic (exact) mass is 372 g/mol. The predicted molar refractivity (Wildman–Crippen MR) is 93.5 cm³/mol. The SMILES string of the molecule is C=C(C)CC=[CH][Sn]([CH2]CCC)([CH2]CCC)[CH2]CCC. The Kier molecular flexibility index (Phi) is 12.2. The summed E-state index contributed by atoms with van der Waals surface area (Å²) >= 11 is -1.97. The van der Waals surface area contributed by atoms with Crippen LogP contribution in [0.4, 0.5) is 0 Å². The van der Waals surface area contributed by atoms with Crippen molar-refractivity contribution >= 4 is 18.4 Å². The normalized spacial score (nSPS) is 12.2. The summed E-state index contributed by atoms with van der Waals surface area (Å²) in [6.07, 6.45) is 12.0. The molecular formula is C18H36Sn. The molecule has 0 saturated carbocycles. The van der Waals surface area contributed by atoms with Crippen molar-refractivity contribution in [1.29, 1.82) is 0 Å². The van der Waals surface area contributed by atoms with Gasteiger partial charge in [0, 0.05) is 0 Å². The summed E-state index contributed by atoms with van der Waals surface area (Å²) in [5, 5.41) is 0. The molecular weight excluding hydrogens is 335 g/mol. The zero-order chi connectivity index (χ0) is 14.6. The van der Waals surface area contributed by atoms with E-state index in [2.05, 4.69) is 44.4 Å². The predicted octanol–water partition coefficient (Wildman–Crippen LogP) is 6.90. The molecule has 0 aromatic carbocycles. The van der Waals surface area contributed by atoms with Gasteiger partial charge in [-0.05, 0) is 0 Å². The molecule has 1 heteroatoms. The van der Waals surface area contributed by atoms with Gasteiger partial charge < -0.3 is 0 Å². The average molecular weight is 371 g/mol. The van der Waals surface area contributed by atoms with Crippen LogP contribution < -0.4 is 0 Å². The van der Waals surface area contributed by atoms with Crippen LogP contribution in [0.25, 0.3) is 0 Å². The van der Waals surface area contributed by atoms with Gasteiger partial charge in [0.2, 0.25) is 0 Å². The molecule has 19 heavy (non-hydrogen) atoms. The first-order valence-corrected chi connectivity index (χ1v) is 16.1. The quantitative estimate of drug-likeness (QED) is 0.259. The first kappa shape index (κ1) is 19.3. The second kappa shape index (κ2) is 12.1. The first-order valence-electron chi connectivity index (χ1n) is 8.42. The average Bonchev–Trinajstić information content (AvgIpc) is 2.39. The summed E-state index contributed by atoms with van der Waals surface area (Å²) in [5.74, 6) is 0. The van der Waals surface area contributed by atoms with Crippen LogP contribution in [-0.4, -0.2) is 18.4 Å². The van der Waals surface area contributed by atoms with Crippen molar-refractivity contribution in [2.45, 2.75) is 86.0 Å². The van der Waals surface area contributed by atoms with Crippen LogP contribution in [0.1, 0.15) is 72.6 Å². The van der Waals surface area contributed by atoms with Gasteiger partial charge in [-0.15, -0.1) is 0 Å². The van der Waals surface area contributed by atoms with Crippen LogP contribution in [0, 0.1) is 0 Å². The Morgan fingerprint density at radius 2 is 1.32 bits per heavy atom. The third-order valence-corrected chi connectivity index (χ3v) is 18.3. The molecule has 0 aliphatic rings. The zero-order valence-corrected chi connectivity index (χ0v) is 16.8. The maximum atomic E-state index is 4.03. The Hall–Kier alpha value is 0.279. The Labute approximate surface area is 126 Å². The Morgan fingerprint density at radius 1 is 0.895 bits per heavy atom. The van der Waals surface area contributed by atoms with Crippen molar-refractivity contribution < 1.29 is 0 Å². The first-order chi connectivity index (χ1) is 9.10. The van der Waals surface area contributed by atoms with E-state index in [0.29, 0.717) is 0 Å². The van der Waals surface area contributed by atoms with E-state index in [1.165, 1.54) is 44.1 Å². The Morgan fingerprint density at radius 3 is 1.63 bits per heavy atom. The topological polar surface area (TPSA) is 0 Å². The van der Waals surface area contributed by atoms with Crippen LogP contribution in [0.5, 0.6) is 0 Å². The van der Waals surface area contributed by atoms with Crippen molar-refractivity contribution in [3.63, 3.8) is 0 Å². The van der Waals surface area contributed by atoms with Crippen LogP contribution in [0.3, 0.4) is 0 Å². The minimum absolute atomic E-state index is 1.10. The molecule has 0 bridgehead atoms. The maximum absolute atomic E-state index is 4.03. The molecule has 0 aromatic rings. The van der Waals surface area contributed by atoms with Gasteiger partial charge in [-0.2, -0.15) is 0 Å². The molecule has 0 nitrogen and oxygen atoms in total. The van der Waals surface area contributed by atoms with Gasteiger partial charge in [0.1, 0.15) is 0 Å². The van der Waals surface area contributed by atoms with E-state index in [1.54, 1.807) is 13.3 Å². The number of rotatable bonds is 12.